The van der Waals surface area contributed by atoms with E-state index in [0.717, 1.165) is 48.6 Å². The van der Waals surface area contributed by atoms with E-state index in [9.17, 15) is 0 Å². The maximum atomic E-state index is 5.65. The van der Waals surface area contributed by atoms with Gasteiger partial charge in [0.1, 0.15) is 12.0 Å². The lowest BCUT2D eigenvalue weighted by Gasteiger charge is -2.13. The minimum absolute atomic E-state index is 0.134. The molecule has 3 heterocycles. The first-order valence-corrected chi connectivity index (χ1v) is 10.7. The number of aliphatic imine (C=N–C) groups is 1. The summed E-state index contributed by atoms with van der Waals surface area (Å²) in [6, 6.07) is 14.3. The number of benzene rings is 2. The van der Waals surface area contributed by atoms with Crippen LogP contribution in [0, 0.1) is 6.92 Å². The second-order valence-electron chi connectivity index (χ2n) is 6.91. The van der Waals surface area contributed by atoms with Crippen molar-refractivity contribution in [3.63, 3.8) is 0 Å². The summed E-state index contributed by atoms with van der Waals surface area (Å²) in [7, 11) is 0. The highest BCUT2D eigenvalue weighted by Gasteiger charge is 2.28. The minimum Gasteiger partial charge on any atom is -0.441 e. The molecule has 7 heteroatoms. The molecule has 0 N–H and O–H groups in total. The second-order valence-corrected chi connectivity index (χ2v) is 8.68. The third kappa shape index (κ3) is 3.00. The topological polar surface area (TPSA) is 56.2 Å². The largest absolute Gasteiger partial charge is 0.441 e. The van der Waals surface area contributed by atoms with Crippen molar-refractivity contribution in [3.8, 4) is 17.1 Å². The number of fused-ring (bicyclic) bond motifs is 3. The van der Waals surface area contributed by atoms with Crippen LogP contribution in [0.5, 0.6) is 0 Å². The van der Waals surface area contributed by atoms with E-state index in [2.05, 4.69) is 71.5 Å². The maximum Gasteiger partial charge on any atom is 0.181 e. The van der Waals surface area contributed by atoms with Crippen molar-refractivity contribution >= 4 is 37.6 Å². The quantitative estimate of drug-likeness (QED) is 0.318. The van der Waals surface area contributed by atoms with Gasteiger partial charge in [-0.05, 0) is 38.1 Å². The molecule has 2 aromatic carbocycles. The van der Waals surface area contributed by atoms with Gasteiger partial charge in [-0.3, -0.25) is 9.56 Å². The first kappa shape index (κ1) is 18.5. The molecule has 0 radical (unpaired) electrons. The van der Waals surface area contributed by atoms with Gasteiger partial charge in [0.15, 0.2) is 12.2 Å². The van der Waals surface area contributed by atoms with Gasteiger partial charge in [0.05, 0.1) is 28.8 Å². The molecule has 0 aliphatic carbocycles. The molecule has 1 aliphatic heterocycles. The van der Waals surface area contributed by atoms with Crippen LogP contribution in [0.3, 0.4) is 0 Å². The molecular weight excluding hydrogens is 496 g/mol. The van der Waals surface area contributed by atoms with E-state index in [0.29, 0.717) is 5.76 Å². The molecule has 0 fully saturated rings. The maximum absolute atomic E-state index is 5.65. The molecule has 1 aliphatic rings. The number of aryl methyl sites for hydroxylation is 1. The first-order chi connectivity index (χ1) is 14.0. The van der Waals surface area contributed by atoms with Crippen LogP contribution >= 0.6 is 31.9 Å². The van der Waals surface area contributed by atoms with E-state index in [4.69, 9.17) is 9.41 Å². The second kappa shape index (κ2) is 7.07. The van der Waals surface area contributed by atoms with Crippen molar-refractivity contribution in [1.29, 1.82) is 0 Å². The molecule has 0 amide bonds. The van der Waals surface area contributed by atoms with Gasteiger partial charge in [0.2, 0.25) is 0 Å². The Hall–Kier alpha value is -2.51. The van der Waals surface area contributed by atoms with Gasteiger partial charge in [-0.1, -0.05) is 50.1 Å². The molecule has 4 aromatic rings. The van der Waals surface area contributed by atoms with Crippen molar-refractivity contribution in [1.82, 2.24) is 14.5 Å². The van der Waals surface area contributed by atoms with Gasteiger partial charge in [-0.2, -0.15) is 0 Å². The smallest absolute Gasteiger partial charge is 0.181 e. The molecule has 0 saturated carbocycles. The average Bonchev–Trinajstić information content (AvgIpc) is 3.30. The average molecular weight is 512 g/mol. The Bertz CT molecular complexity index is 1270. The molecule has 0 bridgehead atoms. The summed E-state index contributed by atoms with van der Waals surface area (Å²) < 4.78 is 9.77. The van der Waals surface area contributed by atoms with Crippen LogP contribution in [-0.4, -0.2) is 20.2 Å². The van der Waals surface area contributed by atoms with E-state index in [1.807, 2.05) is 37.5 Å². The van der Waals surface area contributed by atoms with Crippen LogP contribution in [-0.2, 0) is 0 Å². The van der Waals surface area contributed by atoms with E-state index < -0.39 is 0 Å². The molecular formula is C22H16Br2N4O. The summed E-state index contributed by atoms with van der Waals surface area (Å²) in [6.07, 6.45) is 3.30. The fourth-order valence-electron chi connectivity index (χ4n) is 3.75. The molecule has 5 rings (SSSR count). The Morgan fingerprint density at radius 1 is 1.03 bits per heavy atom. The zero-order chi connectivity index (χ0) is 20.1. The van der Waals surface area contributed by atoms with Crippen molar-refractivity contribution < 1.29 is 4.42 Å². The van der Waals surface area contributed by atoms with E-state index in [1.165, 1.54) is 6.39 Å². The summed E-state index contributed by atoms with van der Waals surface area (Å²) >= 11 is 7.32. The number of hydrogen-bond acceptors (Lipinski definition) is 4. The van der Waals surface area contributed by atoms with Crippen LogP contribution in [0.25, 0.3) is 17.1 Å². The fraction of sp³-hybridized carbons (Fsp3) is 0.136. The molecule has 5 nitrogen and oxygen atoms in total. The summed E-state index contributed by atoms with van der Waals surface area (Å²) in [5.41, 5.74) is 6.62. The molecule has 144 valence electrons. The normalized spacial score (nSPS) is 15.4. The highest BCUT2D eigenvalue weighted by atomic mass is 79.9. The summed E-state index contributed by atoms with van der Waals surface area (Å²) in [4.78, 5) is 14.1. The lowest BCUT2D eigenvalue weighted by Crippen LogP contribution is -2.07. The molecule has 1 atom stereocenters. The Labute approximate surface area is 184 Å². The number of imidazole rings is 1. The van der Waals surface area contributed by atoms with E-state index in [-0.39, 0.29) is 6.04 Å². The summed E-state index contributed by atoms with van der Waals surface area (Å²) in [5.74, 6) is 0.684. The van der Waals surface area contributed by atoms with Crippen LogP contribution < -0.4 is 0 Å². The highest BCUT2D eigenvalue weighted by molar-refractivity contribution is 9.10. The summed E-state index contributed by atoms with van der Waals surface area (Å²) in [5, 5.41) is 0. The lowest BCUT2D eigenvalue weighted by atomic mass is 10.0. The predicted molar refractivity (Wildman–Crippen MR) is 120 cm³/mol. The Morgan fingerprint density at radius 2 is 1.86 bits per heavy atom. The van der Waals surface area contributed by atoms with Crippen molar-refractivity contribution in [2.75, 3.05) is 0 Å². The summed E-state index contributed by atoms with van der Waals surface area (Å²) in [6.45, 7) is 4.01. The van der Waals surface area contributed by atoms with Gasteiger partial charge in [-0.25, -0.2) is 9.97 Å². The molecule has 2 aromatic heterocycles. The van der Waals surface area contributed by atoms with Crippen molar-refractivity contribution in [2.45, 2.75) is 19.9 Å². The van der Waals surface area contributed by atoms with Crippen LogP contribution in [0.1, 0.15) is 35.5 Å². The molecule has 0 unspecified atom stereocenters. The molecule has 0 spiro atoms. The van der Waals surface area contributed by atoms with E-state index in [1.54, 1.807) is 0 Å². The SMILES string of the molecule is Cc1ncoc1-c1ncn2c1[C@@H](C)N=C(c1ccccc1Br)c1cc(Br)ccc1-2. The number of nitrogens with zero attached hydrogens (tertiary/aromatic N) is 4. The number of aromatic nitrogens is 3. The number of halogens is 2. The number of hydrogen-bond donors (Lipinski definition) is 0. The molecule has 29 heavy (non-hydrogen) atoms. The van der Waals surface area contributed by atoms with E-state index >= 15 is 0 Å². The van der Waals surface area contributed by atoms with Gasteiger partial charge >= 0.3 is 0 Å². The zero-order valence-corrected chi connectivity index (χ0v) is 18.9. The Morgan fingerprint density at radius 3 is 2.62 bits per heavy atom. The standard InChI is InChI=1S/C22H16Br2N4O/c1-12-21-20(22-13(2)26-11-29-22)25-10-28(21)18-8-7-14(23)9-16(18)19(27-12)15-5-3-4-6-17(15)24/h3-12H,1-2H3/t12-/m1/s1. The van der Waals surface area contributed by atoms with Crippen LogP contribution in [0.4, 0.5) is 0 Å². The number of rotatable bonds is 2. The van der Waals surface area contributed by atoms with Gasteiger partial charge < -0.3 is 4.42 Å². The monoisotopic (exact) mass is 510 g/mol. The van der Waals surface area contributed by atoms with Crippen LogP contribution in [0.15, 0.2) is 73.5 Å². The Balaban J connectivity index is 1.82. The van der Waals surface area contributed by atoms with Gasteiger partial charge in [0, 0.05) is 20.1 Å². The van der Waals surface area contributed by atoms with Crippen molar-refractivity contribution in [3.05, 3.63) is 86.6 Å². The van der Waals surface area contributed by atoms with Gasteiger partial charge in [0.25, 0.3) is 0 Å². The third-order valence-electron chi connectivity index (χ3n) is 5.09. The minimum atomic E-state index is -0.134. The Kier molecular flexibility index (Phi) is 4.52. The van der Waals surface area contributed by atoms with Gasteiger partial charge in [-0.15, -0.1) is 0 Å². The highest BCUT2D eigenvalue weighted by Crippen LogP contribution is 2.38. The molecule has 0 saturated heterocycles. The zero-order valence-electron chi connectivity index (χ0n) is 15.7. The lowest BCUT2D eigenvalue weighted by molar-refractivity contribution is 0.567. The predicted octanol–water partition coefficient (Wildman–Crippen LogP) is 6.27. The fourth-order valence-corrected chi connectivity index (χ4v) is 4.59. The first-order valence-electron chi connectivity index (χ1n) is 9.15. The van der Waals surface area contributed by atoms with Crippen LogP contribution in [0.2, 0.25) is 0 Å². The van der Waals surface area contributed by atoms with Crippen molar-refractivity contribution in [2.24, 2.45) is 4.99 Å². The number of oxazole rings is 1. The third-order valence-corrected chi connectivity index (χ3v) is 6.27.